The van der Waals surface area contributed by atoms with Crippen LogP contribution in [-0.4, -0.2) is 26.5 Å². The van der Waals surface area contributed by atoms with Gasteiger partial charge in [-0.05, 0) is 20.3 Å². The van der Waals surface area contributed by atoms with Gasteiger partial charge in [-0.1, -0.05) is 19.9 Å². The van der Waals surface area contributed by atoms with Crippen molar-refractivity contribution in [3.63, 3.8) is 0 Å². The van der Waals surface area contributed by atoms with E-state index in [2.05, 4.69) is 13.5 Å². The molecule has 0 heterocycles. The highest BCUT2D eigenvalue weighted by atomic mass is 16.7. The van der Waals surface area contributed by atoms with Crippen LogP contribution >= 0.6 is 0 Å². The average Bonchev–Trinajstić information content (AvgIpc) is 2.18. The van der Waals surface area contributed by atoms with Gasteiger partial charge in [0, 0.05) is 18.8 Å². The third-order valence-corrected chi connectivity index (χ3v) is 1.50. The average molecular weight is 213 g/mol. The molecule has 0 rings (SSSR count). The molecule has 85 valence electrons. The van der Waals surface area contributed by atoms with Gasteiger partial charge in [0.2, 0.25) is 0 Å². The van der Waals surface area contributed by atoms with Crippen LogP contribution in [0, 0.1) is 6.92 Å². The number of carbonyl (C=O) groups excluding carboxylic acids is 1. The fourth-order valence-corrected chi connectivity index (χ4v) is 0.722. The maximum atomic E-state index is 11.2. The predicted octanol–water partition coefficient (Wildman–Crippen LogP) is 1.76. The molecule has 0 spiro atoms. The number of rotatable bonds is 8. The first-order valence-corrected chi connectivity index (χ1v) is 5.00. The molecule has 0 aliphatic rings. The fourth-order valence-electron chi connectivity index (χ4n) is 0.722. The van der Waals surface area contributed by atoms with Crippen molar-refractivity contribution in [1.29, 1.82) is 0 Å². The summed E-state index contributed by atoms with van der Waals surface area (Å²) in [4.78, 5) is 11.2. The van der Waals surface area contributed by atoms with Gasteiger partial charge in [0.05, 0.1) is 0 Å². The van der Waals surface area contributed by atoms with E-state index in [-0.39, 0.29) is 0 Å². The number of hydrogen-bond acceptors (Lipinski definition) is 4. The number of carbonyl (C=O) groups is 1. The lowest BCUT2D eigenvalue weighted by Crippen LogP contribution is -2.30. The van der Waals surface area contributed by atoms with E-state index in [4.69, 9.17) is 14.0 Å². The van der Waals surface area contributed by atoms with Gasteiger partial charge in [-0.15, -0.1) is 0 Å². The van der Waals surface area contributed by atoms with Crippen molar-refractivity contribution in [2.24, 2.45) is 0 Å². The minimum atomic E-state index is -0.939. The summed E-state index contributed by atoms with van der Waals surface area (Å²) >= 11 is 0. The predicted molar refractivity (Wildman–Crippen MR) is 58.8 cm³/mol. The minimum Gasteiger partial charge on any atom is -0.481 e. The molecule has 0 atom stereocenters. The van der Waals surface area contributed by atoms with Crippen molar-refractivity contribution in [2.75, 3.05) is 13.2 Å². The quantitative estimate of drug-likeness (QED) is 0.350. The molecule has 15 heavy (non-hydrogen) atoms. The Morgan fingerprint density at radius 1 is 1.40 bits per heavy atom. The van der Waals surface area contributed by atoms with Crippen LogP contribution < -0.4 is 0 Å². The Kier molecular flexibility index (Phi) is 8.04. The Bertz CT molecular complexity index is 206. The highest BCUT2D eigenvalue weighted by molar-refractivity contribution is 6.39. The van der Waals surface area contributed by atoms with Crippen LogP contribution in [0.15, 0.2) is 12.2 Å². The number of hydrogen-bond donors (Lipinski definition) is 0. The van der Waals surface area contributed by atoms with Crippen LogP contribution in [0.25, 0.3) is 0 Å². The topological polar surface area (TPSA) is 44.8 Å². The first-order chi connectivity index (χ1) is 7.11. The van der Waals surface area contributed by atoms with Gasteiger partial charge in [-0.25, -0.2) is 4.79 Å². The molecule has 0 aromatic carbocycles. The third-order valence-electron chi connectivity index (χ3n) is 1.50. The summed E-state index contributed by atoms with van der Waals surface area (Å²) in [5, 5.41) is 0. The first kappa shape index (κ1) is 14.2. The lowest BCUT2D eigenvalue weighted by Gasteiger charge is -2.12. The molecule has 0 saturated heterocycles. The van der Waals surface area contributed by atoms with Gasteiger partial charge in [0.1, 0.15) is 0 Å². The van der Waals surface area contributed by atoms with Crippen molar-refractivity contribution in [3.8, 4) is 0 Å². The van der Waals surface area contributed by atoms with Crippen LogP contribution in [0.1, 0.15) is 26.7 Å². The number of unbranched alkanes of at least 4 members (excludes halogenated alkanes) is 1. The van der Waals surface area contributed by atoms with Crippen LogP contribution in [0.5, 0.6) is 0 Å². The fraction of sp³-hybridized carbons (Fsp3) is 0.600. The SMILES string of the molecule is [CH2]CCCOB(OCC)OC(=O)C(=C)C. The summed E-state index contributed by atoms with van der Waals surface area (Å²) < 4.78 is 15.2. The molecular formula is C10H18BO4. The van der Waals surface area contributed by atoms with Gasteiger partial charge < -0.3 is 14.0 Å². The molecule has 0 unspecified atom stereocenters. The smallest absolute Gasteiger partial charge is 0.481 e. The Hall–Kier alpha value is -0.805. The van der Waals surface area contributed by atoms with E-state index in [0.29, 0.717) is 18.8 Å². The highest BCUT2D eigenvalue weighted by Crippen LogP contribution is 2.00. The van der Waals surface area contributed by atoms with Crippen molar-refractivity contribution in [1.82, 2.24) is 0 Å². The van der Waals surface area contributed by atoms with E-state index < -0.39 is 13.3 Å². The van der Waals surface area contributed by atoms with Gasteiger partial charge in [-0.3, -0.25) is 0 Å². The molecule has 4 nitrogen and oxygen atoms in total. The van der Waals surface area contributed by atoms with Crippen molar-refractivity contribution < 1.29 is 18.8 Å². The Morgan fingerprint density at radius 3 is 2.53 bits per heavy atom. The molecular weight excluding hydrogens is 195 g/mol. The first-order valence-electron chi connectivity index (χ1n) is 5.00. The third kappa shape index (κ3) is 7.16. The molecule has 0 aromatic rings. The van der Waals surface area contributed by atoms with Gasteiger partial charge >= 0.3 is 13.3 Å². The summed E-state index contributed by atoms with van der Waals surface area (Å²) in [6.07, 6.45) is 1.57. The molecule has 0 bridgehead atoms. The van der Waals surface area contributed by atoms with E-state index in [0.717, 1.165) is 12.8 Å². The molecule has 0 saturated carbocycles. The van der Waals surface area contributed by atoms with Crippen LogP contribution in [-0.2, 0) is 18.8 Å². The molecule has 0 aliphatic heterocycles. The van der Waals surface area contributed by atoms with Crippen LogP contribution in [0.3, 0.4) is 0 Å². The monoisotopic (exact) mass is 213 g/mol. The van der Waals surface area contributed by atoms with E-state index in [1.807, 2.05) is 0 Å². The van der Waals surface area contributed by atoms with Crippen molar-refractivity contribution in [2.45, 2.75) is 26.7 Å². The van der Waals surface area contributed by atoms with Crippen molar-refractivity contribution in [3.05, 3.63) is 19.1 Å². The van der Waals surface area contributed by atoms with Gasteiger partial charge in [0.15, 0.2) is 0 Å². The molecule has 0 fully saturated rings. The summed E-state index contributed by atoms with van der Waals surface area (Å²) in [5.74, 6) is -0.511. The largest absolute Gasteiger partial charge is 0.715 e. The maximum absolute atomic E-state index is 11.2. The van der Waals surface area contributed by atoms with E-state index in [1.165, 1.54) is 0 Å². The summed E-state index contributed by atoms with van der Waals surface area (Å²) in [6.45, 7) is 11.4. The Morgan fingerprint density at radius 2 is 2.07 bits per heavy atom. The normalized spacial score (nSPS) is 9.80. The van der Waals surface area contributed by atoms with Gasteiger partial charge in [-0.2, -0.15) is 0 Å². The zero-order valence-electron chi connectivity index (χ0n) is 9.45. The lowest BCUT2D eigenvalue weighted by molar-refractivity contribution is -0.133. The summed E-state index contributed by atoms with van der Waals surface area (Å²) in [7, 11) is -0.939. The highest BCUT2D eigenvalue weighted by Gasteiger charge is 2.25. The van der Waals surface area contributed by atoms with Crippen LogP contribution in [0.4, 0.5) is 0 Å². The van der Waals surface area contributed by atoms with E-state index >= 15 is 0 Å². The molecule has 1 radical (unpaired) electrons. The second kappa shape index (κ2) is 8.50. The molecule has 0 N–H and O–H groups in total. The molecule has 0 amide bonds. The standard InChI is InChI=1S/C10H18BO4/c1-5-7-8-14-11(13-6-2)15-10(12)9(3)4/h1,3,5-8H2,2,4H3. The second-order valence-corrected chi connectivity index (χ2v) is 3.01. The maximum Gasteiger partial charge on any atom is 0.715 e. The molecule has 0 aromatic heterocycles. The zero-order valence-corrected chi connectivity index (χ0v) is 9.45. The van der Waals surface area contributed by atoms with Gasteiger partial charge in [0.25, 0.3) is 0 Å². The second-order valence-electron chi connectivity index (χ2n) is 3.01. The van der Waals surface area contributed by atoms with Crippen molar-refractivity contribution >= 4 is 13.3 Å². The lowest BCUT2D eigenvalue weighted by atomic mass is 10.2. The minimum absolute atomic E-state index is 0.320. The van der Waals surface area contributed by atoms with Crippen LogP contribution in [0.2, 0.25) is 0 Å². The zero-order chi connectivity index (χ0) is 11.7. The molecule has 0 aliphatic carbocycles. The summed E-state index contributed by atoms with van der Waals surface area (Å²) in [5.41, 5.74) is 0.320. The Balaban J connectivity index is 3.91. The van der Waals surface area contributed by atoms with E-state index in [1.54, 1.807) is 13.8 Å². The van der Waals surface area contributed by atoms with E-state index in [9.17, 15) is 4.79 Å². The Labute approximate surface area is 91.8 Å². The molecule has 5 heteroatoms. The summed E-state index contributed by atoms with van der Waals surface area (Å²) in [6, 6.07) is 0.